The Hall–Kier alpha value is -1.88. The highest BCUT2D eigenvalue weighted by Crippen LogP contribution is 2.14. The summed E-state index contributed by atoms with van der Waals surface area (Å²) in [5, 5.41) is 2.82. The van der Waals surface area contributed by atoms with Gasteiger partial charge in [0.2, 0.25) is 0 Å². The van der Waals surface area contributed by atoms with E-state index in [4.69, 9.17) is 4.74 Å². The molecule has 0 aromatic heterocycles. The Labute approximate surface area is 125 Å². The van der Waals surface area contributed by atoms with E-state index in [0.717, 1.165) is 25.9 Å². The number of ketones is 1. The van der Waals surface area contributed by atoms with Crippen molar-refractivity contribution in [2.75, 3.05) is 25.5 Å². The van der Waals surface area contributed by atoms with Crippen LogP contribution >= 0.6 is 0 Å². The zero-order valence-electron chi connectivity index (χ0n) is 12.6. The minimum atomic E-state index is -0.167. The summed E-state index contributed by atoms with van der Waals surface area (Å²) < 4.78 is 5.63. The number of nitrogens with zero attached hydrogens (tertiary/aromatic N) is 1. The zero-order chi connectivity index (χ0) is 15.2. The third-order valence-corrected chi connectivity index (χ3v) is 3.64. The first-order chi connectivity index (χ1) is 10.1. The normalized spacial score (nSPS) is 18.1. The smallest absolute Gasteiger partial charge is 0.321 e. The molecule has 0 radical (unpaired) electrons. The molecule has 1 aliphatic rings. The average Bonchev–Trinajstić information content (AvgIpc) is 2.48. The van der Waals surface area contributed by atoms with Crippen LogP contribution in [0.4, 0.5) is 10.5 Å². The second-order valence-corrected chi connectivity index (χ2v) is 5.43. The molecule has 1 aliphatic heterocycles. The Morgan fingerprint density at radius 1 is 1.29 bits per heavy atom. The highest BCUT2D eigenvalue weighted by atomic mass is 16.5. The van der Waals surface area contributed by atoms with Crippen molar-refractivity contribution >= 4 is 17.5 Å². The number of benzene rings is 1. The first kappa shape index (κ1) is 15.5. The van der Waals surface area contributed by atoms with Gasteiger partial charge in [0.05, 0.1) is 6.10 Å². The zero-order valence-corrected chi connectivity index (χ0v) is 12.6. The number of amides is 2. The van der Waals surface area contributed by atoms with Gasteiger partial charge in [-0.05, 0) is 50.5 Å². The third kappa shape index (κ3) is 4.56. The Morgan fingerprint density at radius 2 is 2.00 bits per heavy atom. The molecule has 0 spiro atoms. The quantitative estimate of drug-likeness (QED) is 0.867. The highest BCUT2D eigenvalue weighted by molar-refractivity contribution is 5.95. The lowest BCUT2D eigenvalue weighted by molar-refractivity contribution is 0.00463. The van der Waals surface area contributed by atoms with Gasteiger partial charge >= 0.3 is 6.03 Å². The van der Waals surface area contributed by atoms with Gasteiger partial charge in [-0.25, -0.2) is 4.79 Å². The van der Waals surface area contributed by atoms with Gasteiger partial charge in [0, 0.05) is 31.5 Å². The maximum atomic E-state index is 12.1. The number of rotatable bonds is 4. The monoisotopic (exact) mass is 290 g/mol. The van der Waals surface area contributed by atoms with Gasteiger partial charge in [-0.3, -0.25) is 4.79 Å². The summed E-state index contributed by atoms with van der Waals surface area (Å²) in [5.74, 6) is 0.0134. The molecule has 0 bridgehead atoms. The van der Waals surface area contributed by atoms with Crippen LogP contribution in [0.1, 0.15) is 36.5 Å². The molecule has 1 atom stereocenters. The Kier molecular flexibility index (Phi) is 5.33. The van der Waals surface area contributed by atoms with Crippen LogP contribution < -0.4 is 5.32 Å². The SMILES string of the molecule is CC(=O)c1ccc(NC(=O)N(C)CC2CCCCO2)cc1. The summed E-state index contributed by atoms with van der Waals surface area (Å²) in [4.78, 5) is 24.9. The van der Waals surface area contributed by atoms with Gasteiger partial charge in [0.15, 0.2) is 5.78 Å². The molecule has 0 saturated carbocycles. The van der Waals surface area contributed by atoms with Crippen molar-refractivity contribution < 1.29 is 14.3 Å². The van der Waals surface area contributed by atoms with Crippen LogP contribution in [-0.4, -0.2) is 43.0 Å². The van der Waals surface area contributed by atoms with Crippen molar-refractivity contribution in [2.24, 2.45) is 0 Å². The molecular weight excluding hydrogens is 268 g/mol. The number of likely N-dealkylation sites (N-methyl/N-ethyl adjacent to an activating group) is 1. The van der Waals surface area contributed by atoms with Crippen molar-refractivity contribution in [3.8, 4) is 0 Å². The molecular formula is C16H22N2O3. The second kappa shape index (κ2) is 7.22. The van der Waals surface area contributed by atoms with Gasteiger partial charge in [-0.1, -0.05) is 0 Å². The van der Waals surface area contributed by atoms with E-state index < -0.39 is 0 Å². The van der Waals surface area contributed by atoms with E-state index in [2.05, 4.69) is 5.32 Å². The summed E-state index contributed by atoms with van der Waals surface area (Å²) in [6, 6.07) is 6.73. The summed E-state index contributed by atoms with van der Waals surface area (Å²) in [5.41, 5.74) is 1.32. The molecule has 21 heavy (non-hydrogen) atoms. The summed E-state index contributed by atoms with van der Waals surface area (Å²) >= 11 is 0. The molecule has 114 valence electrons. The molecule has 1 aromatic carbocycles. The Bertz CT molecular complexity index is 493. The lowest BCUT2D eigenvalue weighted by Crippen LogP contribution is -2.39. The second-order valence-electron chi connectivity index (χ2n) is 5.43. The minimum Gasteiger partial charge on any atom is -0.376 e. The first-order valence-corrected chi connectivity index (χ1v) is 7.31. The summed E-state index contributed by atoms with van der Waals surface area (Å²) in [6.07, 6.45) is 3.40. The fourth-order valence-corrected chi connectivity index (χ4v) is 2.35. The van der Waals surface area contributed by atoms with Crippen LogP contribution in [0.2, 0.25) is 0 Å². The Balaban J connectivity index is 1.86. The fourth-order valence-electron chi connectivity index (χ4n) is 2.35. The van der Waals surface area contributed by atoms with Crippen LogP contribution in [0.25, 0.3) is 0 Å². The van der Waals surface area contributed by atoms with E-state index in [1.54, 1.807) is 36.2 Å². The van der Waals surface area contributed by atoms with E-state index in [9.17, 15) is 9.59 Å². The number of nitrogens with one attached hydrogen (secondary N) is 1. The predicted molar refractivity (Wildman–Crippen MR) is 81.7 cm³/mol. The van der Waals surface area contributed by atoms with Crippen LogP contribution in [0, 0.1) is 0 Å². The van der Waals surface area contributed by atoms with E-state index in [1.807, 2.05) is 0 Å². The Morgan fingerprint density at radius 3 is 2.57 bits per heavy atom. The average molecular weight is 290 g/mol. The number of ether oxygens (including phenoxy) is 1. The largest absolute Gasteiger partial charge is 0.376 e. The van der Waals surface area contributed by atoms with Crippen molar-refractivity contribution in [2.45, 2.75) is 32.3 Å². The van der Waals surface area contributed by atoms with Crippen molar-refractivity contribution in [1.29, 1.82) is 0 Å². The van der Waals surface area contributed by atoms with Gasteiger partial charge in [-0.2, -0.15) is 0 Å². The summed E-state index contributed by atoms with van der Waals surface area (Å²) in [7, 11) is 1.76. The molecule has 2 rings (SSSR count). The van der Waals surface area contributed by atoms with Crippen LogP contribution in [0.15, 0.2) is 24.3 Å². The van der Waals surface area contributed by atoms with E-state index >= 15 is 0 Å². The highest BCUT2D eigenvalue weighted by Gasteiger charge is 2.18. The van der Waals surface area contributed by atoms with E-state index in [1.165, 1.54) is 6.92 Å². The molecule has 1 aromatic rings. The van der Waals surface area contributed by atoms with Crippen LogP contribution in [0.5, 0.6) is 0 Å². The maximum Gasteiger partial charge on any atom is 0.321 e. The predicted octanol–water partition coefficient (Wildman–Crippen LogP) is 2.92. The standard InChI is InChI=1S/C16H22N2O3/c1-12(19)13-6-8-14(9-7-13)17-16(20)18(2)11-15-5-3-4-10-21-15/h6-9,15H,3-5,10-11H2,1-2H3,(H,17,20). The van der Waals surface area contributed by atoms with E-state index in [-0.39, 0.29) is 17.9 Å². The molecule has 2 amide bonds. The summed E-state index contributed by atoms with van der Waals surface area (Å²) in [6.45, 7) is 2.90. The van der Waals surface area contributed by atoms with Gasteiger partial charge in [-0.15, -0.1) is 0 Å². The molecule has 1 unspecified atom stereocenters. The number of Topliss-reactive ketones (excluding diaryl/α,β-unsaturated/α-hetero) is 1. The number of hydrogen-bond acceptors (Lipinski definition) is 3. The fraction of sp³-hybridized carbons (Fsp3) is 0.500. The molecule has 1 saturated heterocycles. The van der Waals surface area contributed by atoms with E-state index in [0.29, 0.717) is 17.8 Å². The number of hydrogen-bond donors (Lipinski definition) is 1. The molecule has 1 N–H and O–H groups in total. The first-order valence-electron chi connectivity index (χ1n) is 7.31. The molecule has 5 heteroatoms. The molecule has 0 aliphatic carbocycles. The van der Waals surface area contributed by atoms with Crippen molar-refractivity contribution in [3.63, 3.8) is 0 Å². The minimum absolute atomic E-state index is 0.0134. The van der Waals surface area contributed by atoms with Gasteiger partial charge in [0.25, 0.3) is 0 Å². The topological polar surface area (TPSA) is 58.6 Å². The van der Waals surface area contributed by atoms with Crippen molar-refractivity contribution in [1.82, 2.24) is 4.90 Å². The number of carbonyl (C=O) groups is 2. The third-order valence-electron chi connectivity index (χ3n) is 3.64. The lowest BCUT2D eigenvalue weighted by Gasteiger charge is -2.27. The van der Waals surface area contributed by atoms with Crippen LogP contribution in [-0.2, 0) is 4.74 Å². The molecule has 5 nitrogen and oxygen atoms in total. The lowest BCUT2D eigenvalue weighted by atomic mass is 10.1. The molecule has 1 heterocycles. The molecule has 1 fully saturated rings. The van der Waals surface area contributed by atoms with Crippen molar-refractivity contribution in [3.05, 3.63) is 29.8 Å². The number of anilines is 1. The van der Waals surface area contributed by atoms with Gasteiger partial charge < -0.3 is 15.0 Å². The number of urea groups is 1. The number of carbonyl (C=O) groups excluding carboxylic acids is 2. The van der Waals surface area contributed by atoms with Crippen LogP contribution in [0.3, 0.4) is 0 Å². The van der Waals surface area contributed by atoms with Gasteiger partial charge in [0.1, 0.15) is 0 Å². The maximum absolute atomic E-state index is 12.1.